The highest BCUT2D eigenvalue weighted by Gasteiger charge is 2.28. The molecule has 166 valence electrons. The molecule has 0 aliphatic carbocycles. The third-order valence-electron chi connectivity index (χ3n) is 4.53. The van der Waals surface area contributed by atoms with Gasteiger partial charge in [-0.1, -0.05) is 37.8 Å². The van der Waals surface area contributed by atoms with E-state index in [1.165, 1.54) is 0 Å². The molecule has 0 saturated carbocycles. The van der Waals surface area contributed by atoms with Gasteiger partial charge in [0.15, 0.2) is 11.5 Å². The van der Waals surface area contributed by atoms with E-state index in [-0.39, 0.29) is 25.8 Å². The van der Waals surface area contributed by atoms with Crippen LogP contribution < -0.4 is 16.4 Å². The molecule has 1 atom stereocenters. The molecule has 0 bridgehead atoms. The van der Waals surface area contributed by atoms with E-state index in [0.29, 0.717) is 23.6 Å². The quantitative estimate of drug-likeness (QED) is 0.505. The van der Waals surface area contributed by atoms with Crippen LogP contribution in [-0.2, 0) is 16.1 Å². The highest BCUT2D eigenvalue weighted by Crippen LogP contribution is 2.18. The maximum atomic E-state index is 12.5. The highest BCUT2D eigenvalue weighted by atomic mass is 16.5. The first-order chi connectivity index (χ1) is 14.3. The van der Waals surface area contributed by atoms with Gasteiger partial charge < -0.3 is 21.1 Å². The van der Waals surface area contributed by atoms with Gasteiger partial charge in [-0.2, -0.15) is 0 Å². The zero-order valence-electron chi connectivity index (χ0n) is 17.3. The molecule has 4 N–H and O–H groups in total. The first-order valence-electron chi connectivity index (χ1n) is 9.58. The minimum atomic E-state index is -1.08. The fourth-order valence-corrected chi connectivity index (χ4v) is 2.88. The van der Waals surface area contributed by atoms with E-state index < -0.39 is 11.6 Å². The summed E-state index contributed by atoms with van der Waals surface area (Å²) >= 11 is 0. The Morgan fingerprint density at radius 3 is 2.52 bits per heavy atom. The van der Waals surface area contributed by atoms with Crippen LogP contribution in [0, 0.1) is 0 Å². The number of carbonyl (C=O) groups is 2. The van der Waals surface area contributed by atoms with Crippen LogP contribution in [0.15, 0.2) is 48.7 Å². The van der Waals surface area contributed by atoms with E-state index in [0.717, 1.165) is 5.56 Å². The maximum absolute atomic E-state index is 12.5. The third-order valence-corrected chi connectivity index (χ3v) is 4.53. The van der Waals surface area contributed by atoms with Crippen LogP contribution in [0.4, 0.5) is 0 Å². The average Bonchev–Trinajstić information content (AvgIpc) is 3.16. The van der Waals surface area contributed by atoms with E-state index in [9.17, 15) is 9.59 Å². The molecule has 31 heavy (non-hydrogen) atoms. The molecule has 9 nitrogen and oxygen atoms in total. The summed E-state index contributed by atoms with van der Waals surface area (Å²) < 4.78 is 7.52. The van der Waals surface area contributed by atoms with Crippen molar-refractivity contribution in [3.63, 3.8) is 0 Å². The molecule has 0 aliphatic heterocycles. The molecule has 3 rings (SSSR count). The molecule has 2 aromatic heterocycles. The van der Waals surface area contributed by atoms with Crippen molar-refractivity contribution in [3.8, 4) is 0 Å². The van der Waals surface area contributed by atoms with Crippen LogP contribution in [0.5, 0.6) is 0 Å². The number of ether oxygens (including phenoxy) is 1. The van der Waals surface area contributed by atoms with Crippen LogP contribution in [0.25, 0.3) is 5.65 Å². The lowest BCUT2D eigenvalue weighted by atomic mass is 10.1. The molecule has 9 heteroatoms. The van der Waals surface area contributed by atoms with Gasteiger partial charge in [0.25, 0.3) is 5.91 Å². The number of hydrogen-bond acceptors (Lipinski definition) is 6. The van der Waals surface area contributed by atoms with E-state index in [1.807, 2.05) is 30.3 Å². The molecule has 0 unspecified atom stereocenters. The standard InChI is InChI=1S/C21H26N6O3.CH4/c1-21(2,22)20(29)24-16(13-30-12-14-8-5-4-6-9-14)18-26-25-17-15(19(28)23-3)10-7-11-27(17)18;/h4-11,16H,12-13,22H2,1-3H3,(H,23,28)(H,24,29);1H4/t16-;/m1./s1. The molecule has 2 amide bonds. The van der Waals surface area contributed by atoms with Crippen molar-refractivity contribution >= 4 is 17.5 Å². The fraction of sp³-hybridized carbons (Fsp3) is 0.364. The Bertz CT molecular complexity index is 1030. The monoisotopic (exact) mass is 426 g/mol. The van der Waals surface area contributed by atoms with Crippen LogP contribution in [0.3, 0.4) is 0 Å². The summed E-state index contributed by atoms with van der Waals surface area (Å²) in [5, 5.41) is 13.9. The van der Waals surface area contributed by atoms with Crippen LogP contribution in [-0.4, -0.2) is 45.6 Å². The maximum Gasteiger partial charge on any atom is 0.254 e. The molecule has 0 aliphatic rings. The van der Waals surface area contributed by atoms with Crippen molar-refractivity contribution in [1.82, 2.24) is 25.2 Å². The number of aromatic nitrogens is 3. The Morgan fingerprint density at radius 1 is 1.16 bits per heavy atom. The van der Waals surface area contributed by atoms with E-state index in [2.05, 4.69) is 20.8 Å². The van der Waals surface area contributed by atoms with Gasteiger partial charge in [-0.05, 0) is 31.5 Å². The van der Waals surface area contributed by atoms with Gasteiger partial charge in [0.2, 0.25) is 5.91 Å². The van der Waals surface area contributed by atoms with E-state index in [1.54, 1.807) is 43.6 Å². The van der Waals surface area contributed by atoms with Gasteiger partial charge in [-0.3, -0.25) is 14.0 Å². The van der Waals surface area contributed by atoms with Gasteiger partial charge in [0.1, 0.15) is 6.04 Å². The van der Waals surface area contributed by atoms with Gasteiger partial charge in [-0.25, -0.2) is 0 Å². The molecule has 3 aromatic rings. The predicted molar refractivity (Wildman–Crippen MR) is 118 cm³/mol. The van der Waals surface area contributed by atoms with Gasteiger partial charge >= 0.3 is 0 Å². The molecular weight excluding hydrogens is 396 g/mol. The molecule has 0 saturated heterocycles. The summed E-state index contributed by atoms with van der Waals surface area (Å²) in [5.74, 6) is -0.181. The summed E-state index contributed by atoms with van der Waals surface area (Å²) in [4.78, 5) is 24.7. The Kier molecular flexibility index (Phi) is 7.84. The van der Waals surface area contributed by atoms with Crippen molar-refractivity contribution in [2.24, 2.45) is 5.73 Å². The minimum absolute atomic E-state index is 0. The van der Waals surface area contributed by atoms with Crippen LogP contribution >= 0.6 is 0 Å². The zero-order valence-corrected chi connectivity index (χ0v) is 17.3. The van der Waals surface area contributed by atoms with Crippen LogP contribution in [0.1, 0.15) is 49.1 Å². The topological polar surface area (TPSA) is 124 Å². The molecule has 0 spiro atoms. The number of hydrogen-bond donors (Lipinski definition) is 3. The number of nitrogens with zero attached hydrogens (tertiary/aromatic N) is 3. The summed E-state index contributed by atoms with van der Waals surface area (Å²) in [6, 6.07) is 12.5. The number of rotatable bonds is 8. The number of pyridine rings is 1. The fourth-order valence-electron chi connectivity index (χ4n) is 2.88. The average molecular weight is 427 g/mol. The lowest BCUT2D eigenvalue weighted by Crippen LogP contribution is -2.50. The lowest BCUT2D eigenvalue weighted by Gasteiger charge is -2.23. The molecule has 0 radical (unpaired) electrons. The number of benzene rings is 1. The first-order valence-corrected chi connectivity index (χ1v) is 9.58. The number of amides is 2. The normalized spacial score (nSPS) is 12.1. The largest absolute Gasteiger partial charge is 0.374 e. The van der Waals surface area contributed by atoms with Crippen LogP contribution in [0.2, 0.25) is 0 Å². The van der Waals surface area contributed by atoms with Crippen molar-refractivity contribution < 1.29 is 14.3 Å². The summed E-state index contributed by atoms with van der Waals surface area (Å²) in [5.41, 5.74) is 6.65. The Labute approximate surface area is 182 Å². The smallest absolute Gasteiger partial charge is 0.254 e. The van der Waals surface area contributed by atoms with Gasteiger partial charge in [0, 0.05) is 13.2 Å². The molecule has 0 fully saturated rings. The van der Waals surface area contributed by atoms with Crippen molar-refractivity contribution in [3.05, 3.63) is 65.6 Å². The van der Waals surface area contributed by atoms with Gasteiger partial charge in [-0.15, -0.1) is 10.2 Å². The molecular formula is C22H30N6O3. The predicted octanol–water partition coefficient (Wildman–Crippen LogP) is 1.84. The van der Waals surface area contributed by atoms with E-state index >= 15 is 0 Å². The highest BCUT2D eigenvalue weighted by molar-refractivity contribution is 5.99. The van der Waals surface area contributed by atoms with Crippen molar-refractivity contribution in [1.29, 1.82) is 0 Å². The molecule has 2 heterocycles. The number of nitrogens with two attached hydrogens (primary N) is 1. The minimum Gasteiger partial charge on any atom is -0.374 e. The second-order valence-electron chi connectivity index (χ2n) is 7.50. The van der Waals surface area contributed by atoms with Crippen molar-refractivity contribution in [2.75, 3.05) is 13.7 Å². The Morgan fingerprint density at radius 2 is 1.87 bits per heavy atom. The Hall–Kier alpha value is -3.30. The third kappa shape index (κ3) is 5.65. The second-order valence-corrected chi connectivity index (χ2v) is 7.50. The lowest BCUT2D eigenvalue weighted by molar-refractivity contribution is -0.126. The zero-order chi connectivity index (χ0) is 21.7. The van der Waals surface area contributed by atoms with Gasteiger partial charge in [0.05, 0.1) is 24.3 Å². The first kappa shape index (κ1) is 24.0. The SMILES string of the molecule is C.CNC(=O)c1cccn2c([C@@H](COCc3ccccc3)NC(=O)C(C)(C)N)nnc12. The van der Waals surface area contributed by atoms with E-state index in [4.69, 9.17) is 10.5 Å². The summed E-state index contributed by atoms with van der Waals surface area (Å²) in [7, 11) is 1.55. The second kappa shape index (κ2) is 10.1. The Balaban J connectivity index is 0.00000341. The number of carbonyl (C=O) groups excluding carboxylic acids is 2. The number of fused-ring (bicyclic) bond motifs is 1. The number of nitrogens with one attached hydrogen (secondary N) is 2. The summed E-state index contributed by atoms with van der Waals surface area (Å²) in [6.45, 7) is 3.77. The molecule has 1 aromatic carbocycles. The summed E-state index contributed by atoms with van der Waals surface area (Å²) in [6.07, 6.45) is 1.74. The van der Waals surface area contributed by atoms with Crippen molar-refractivity contribution in [2.45, 2.75) is 39.5 Å².